The molecule has 1 N–H and O–H groups in total. The lowest BCUT2D eigenvalue weighted by molar-refractivity contribution is -0.384. The lowest BCUT2D eigenvalue weighted by Gasteiger charge is -2.51. The molecule has 8 nitrogen and oxygen atoms in total. The summed E-state index contributed by atoms with van der Waals surface area (Å²) >= 11 is 6.24. The summed E-state index contributed by atoms with van der Waals surface area (Å²) in [4.78, 5) is 10.5. The van der Waals surface area contributed by atoms with Crippen LogP contribution >= 0.6 is 11.6 Å². The Morgan fingerprint density at radius 2 is 1.49 bits per heavy atom. The molecular formula is C24H42ClNO7Si2. The van der Waals surface area contributed by atoms with E-state index in [2.05, 4.69) is 67.7 Å². The van der Waals surface area contributed by atoms with Crippen LogP contribution in [0.3, 0.4) is 0 Å². The van der Waals surface area contributed by atoms with Crippen LogP contribution in [0.4, 0.5) is 5.69 Å². The van der Waals surface area contributed by atoms with Gasteiger partial charge in [-0.3, -0.25) is 10.1 Å². The van der Waals surface area contributed by atoms with Crippen molar-refractivity contribution in [3.8, 4) is 5.75 Å². The van der Waals surface area contributed by atoms with E-state index in [9.17, 15) is 15.2 Å². The van der Waals surface area contributed by atoms with Crippen molar-refractivity contribution in [3.05, 3.63) is 33.3 Å². The minimum Gasteiger partial charge on any atom is -0.460 e. The topological polar surface area (TPSA) is 100 Å². The van der Waals surface area contributed by atoms with Crippen molar-refractivity contribution < 1.29 is 28.4 Å². The van der Waals surface area contributed by atoms with Crippen LogP contribution in [-0.4, -0.2) is 57.4 Å². The van der Waals surface area contributed by atoms with Gasteiger partial charge >= 0.3 is 0 Å². The van der Waals surface area contributed by atoms with Gasteiger partial charge in [0.1, 0.15) is 18.0 Å². The zero-order valence-electron chi connectivity index (χ0n) is 22.8. The van der Waals surface area contributed by atoms with Crippen molar-refractivity contribution in [3.63, 3.8) is 0 Å². The summed E-state index contributed by atoms with van der Waals surface area (Å²) in [5.74, 6) is 0.184. The summed E-state index contributed by atoms with van der Waals surface area (Å²) in [7, 11) is -4.55. The van der Waals surface area contributed by atoms with Crippen molar-refractivity contribution in [2.24, 2.45) is 0 Å². The Morgan fingerprint density at radius 1 is 1.00 bits per heavy atom. The molecule has 0 spiro atoms. The molecule has 2 rings (SSSR count). The molecule has 0 aromatic heterocycles. The number of hydrogen-bond donors (Lipinski definition) is 1. The first kappa shape index (κ1) is 30.2. The lowest BCUT2D eigenvalue weighted by atomic mass is 10.00. The number of hydrogen-bond acceptors (Lipinski definition) is 7. The minimum atomic E-state index is -2.32. The molecule has 0 bridgehead atoms. The van der Waals surface area contributed by atoms with Gasteiger partial charge in [-0.25, -0.2) is 0 Å². The van der Waals surface area contributed by atoms with Gasteiger partial charge in [-0.2, -0.15) is 0 Å². The fourth-order valence-electron chi connectivity index (χ4n) is 3.24. The van der Waals surface area contributed by atoms with Crippen molar-refractivity contribution >= 4 is 33.9 Å². The highest BCUT2D eigenvalue weighted by molar-refractivity contribution is 6.74. The first-order valence-electron chi connectivity index (χ1n) is 12.0. The fourth-order valence-corrected chi connectivity index (χ4v) is 6.13. The van der Waals surface area contributed by atoms with E-state index in [0.717, 1.165) is 0 Å². The van der Waals surface area contributed by atoms with Crippen LogP contribution in [0, 0.1) is 10.1 Å². The van der Waals surface area contributed by atoms with E-state index < -0.39 is 52.3 Å². The zero-order chi connectivity index (χ0) is 27.1. The van der Waals surface area contributed by atoms with Crippen LogP contribution < -0.4 is 4.74 Å². The molecule has 0 saturated carbocycles. The quantitative estimate of drug-likeness (QED) is 0.236. The maximum absolute atomic E-state index is 11.5. The normalized spacial score (nSPS) is 26.5. The van der Waals surface area contributed by atoms with Crippen LogP contribution in [0.5, 0.6) is 5.75 Å². The summed E-state index contributed by atoms with van der Waals surface area (Å²) < 4.78 is 25.6. The van der Waals surface area contributed by atoms with Gasteiger partial charge in [0.2, 0.25) is 6.29 Å². The molecule has 11 heteroatoms. The minimum absolute atomic E-state index is 0.0428. The number of benzene rings is 1. The molecule has 1 saturated heterocycles. The second kappa shape index (κ2) is 10.4. The van der Waals surface area contributed by atoms with Gasteiger partial charge < -0.3 is 23.4 Å². The monoisotopic (exact) mass is 547 g/mol. The van der Waals surface area contributed by atoms with Crippen LogP contribution in [0.2, 0.25) is 41.3 Å². The smallest absolute Gasteiger partial charge is 0.271 e. The summed E-state index contributed by atoms with van der Waals surface area (Å²) in [5, 5.41) is 22.4. The molecule has 1 heterocycles. The predicted molar refractivity (Wildman–Crippen MR) is 143 cm³/mol. The van der Waals surface area contributed by atoms with E-state index in [4.69, 9.17) is 29.9 Å². The molecule has 200 valence electrons. The van der Waals surface area contributed by atoms with Crippen molar-refractivity contribution in [2.75, 3.05) is 0 Å². The van der Waals surface area contributed by atoms with E-state index in [-0.39, 0.29) is 26.5 Å². The van der Waals surface area contributed by atoms with Gasteiger partial charge in [0.15, 0.2) is 16.6 Å². The molecule has 1 aliphatic rings. The molecule has 1 aromatic carbocycles. The number of halogens is 1. The molecule has 0 aliphatic carbocycles. The molecule has 0 amide bonds. The molecule has 1 aliphatic heterocycles. The third kappa shape index (κ3) is 6.85. The lowest BCUT2D eigenvalue weighted by Crippen LogP contribution is -2.65. The molecule has 1 fully saturated rings. The number of nitrogens with zero attached hydrogens (tertiary/aromatic N) is 1. The number of rotatable bonds is 7. The first-order valence-corrected chi connectivity index (χ1v) is 18.2. The van der Waals surface area contributed by atoms with Crippen LogP contribution in [-0.2, 0) is 13.6 Å². The van der Waals surface area contributed by atoms with Gasteiger partial charge in [-0.1, -0.05) is 53.1 Å². The van der Waals surface area contributed by atoms with Crippen LogP contribution in [0.15, 0.2) is 18.2 Å². The molecule has 5 atom stereocenters. The van der Waals surface area contributed by atoms with Gasteiger partial charge in [0, 0.05) is 12.1 Å². The van der Waals surface area contributed by atoms with Crippen molar-refractivity contribution in [1.82, 2.24) is 0 Å². The van der Waals surface area contributed by atoms with E-state index in [1.807, 2.05) is 6.92 Å². The van der Waals surface area contributed by atoms with Gasteiger partial charge in [-0.05, 0) is 49.3 Å². The highest BCUT2D eigenvalue weighted by Crippen LogP contribution is 2.43. The summed E-state index contributed by atoms with van der Waals surface area (Å²) in [6.45, 7) is 23.4. The maximum atomic E-state index is 11.5. The molecule has 0 unspecified atom stereocenters. The number of non-ortho nitro benzene ring substituents is 1. The maximum Gasteiger partial charge on any atom is 0.271 e. The second-order valence-electron chi connectivity index (χ2n) is 12.4. The third-order valence-corrected chi connectivity index (χ3v) is 16.8. The number of aliphatic hydroxyl groups excluding tert-OH is 1. The third-order valence-electron chi connectivity index (χ3n) is 7.59. The number of nitro groups is 1. The van der Waals surface area contributed by atoms with Gasteiger partial charge in [0.25, 0.3) is 5.69 Å². The Bertz CT molecular complexity index is 914. The molecular weight excluding hydrogens is 506 g/mol. The van der Waals surface area contributed by atoms with E-state index in [1.54, 1.807) is 0 Å². The standard InChI is InChI=1S/C24H42ClNO7Si2/c1-15-20(32-34(8,9)23(2,3)4)21(33-35(10,11)24(5,6)7)19(27)22(30-15)31-18-13-12-16(26(28)29)14-17(18)25/h12-15,19-22,27H,1-11H3/t15-,19-,20+,21-,22-/m0/s1. The van der Waals surface area contributed by atoms with E-state index in [0.29, 0.717) is 0 Å². The summed E-state index contributed by atoms with van der Waals surface area (Å²) in [5.41, 5.74) is -0.150. The highest BCUT2D eigenvalue weighted by atomic mass is 35.5. The van der Waals surface area contributed by atoms with Crippen molar-refractivity contribution in [2.45, 2.75) is 115 Å². The van der Waals surface area contributed by atoms with Gasteiger partial charge in [-0.15, -0.1) is 0 Å². The van der Waals surface area contributed by atoms with Crippen LogP contribution in [0.25, 0.3) is 0 Å². The zero-order valence-corrected chi connectivity index (χ0v) is 25.6. The number of aliphatic hydroxyl groups is 1. The summed E-state index contributed by atoms with van der Waals surface area (Å²) in [6, 6.07) is 3.92. The SMILES string of the molecule is C[C@@H]1O[C@@H](Oc2ccc([N+](=O)[O-])cc2Cl)[C@@H](O)[C@H](O[Si](C)(C)C(C)(C)C)[C@@H]1O[Si](C)(C)C(C)(C)C. The molecule has 1 aromatic rings. The average Bonchev–Trinajstić information content (AvgIpc) is 2.67. The predicted octanol–water partition coefficient (Wildman–Crippen LogP) is 6.51. The Hall–Kier alpha value is -1.02. The van der Waals surface area contributed by atoms with E-state index in [1.165, 1.54) is 18.2 Å². The average molecular weight is 548 g/mol. The Morgan fingerprint density at radius 3 is 1.91 bits per heavy atom. The first-order chi connectivity index (χ1) is 15.7. The summed E-state index contributed by atoms with van der Waals surface area (Å²) in [6.07, 6.45) is -3.87. The Kier molecular flexibility index (Phi) is 8.97. The highest BCUT2D eigenvalue weighted by Gasteiger charge is 2.53. The van der Waals surface area contributed by atoms with Crippen molar-refractivity contribution in [1.29, 1.82) is 0 Å². The fraction of sp³-hybridized carbons (Fsp3) is 0.750. The Labute approximate surface area is 216 Å². The number of nitro benzene ring substituents is 1. The van der Waals surface area contributed by atoms with Crippen LogP contribution in [0.1, 0.15) is 48.5 Å². The molecule has 0 radical (unpaired) electrons. The number of ether oxygens (including phenoxy) is 2. The largest absolute Gasteiger partial charge is 0.460 e. The Balaban J connectivity index is 2.42. The van der Waals surface area contributed by atoms with E-state index >= 15 is 0 Å². The molecule has 35 heavy (non-hydrogen) atoms. The van der Waals surface area contributed by atoms with Gasteiger partial charge in [0.05, 0.1) is 22.2 Å². The second-order valence-corrected chi connectivity index (χ2v) is 22.3.